The van der Waals surface area contributed by atoms with Crippen LogP contribution in [-0.2, 0) is 6.18 Å². The van der Waals surface area contributed by atoms with Crippen LogP contribution in [0.25, 0.3) is 5.69 Å². The summed E-state index contributed by atoms with van der Waals surface area (Å²) in [5.41, 5.74) is -1.37. The number of nitriles is 1. The van der Waals surface area contributed by atoms with Crippen LogP contribution in [0.4, 0.5) is 13.2 Å². The van der Waals surface area contributed by atoms with Crippen molar-refractivity contribution < 1.29 is 13.2 Å². The topological polar surface area (TPSA) is 70.3 Å². The third-order valence-corrected chi connectivity index (χ3v) is 2.42. The van der Waals surface area contributed by atoms with Gasteiger partial charge in [0, 0.05) is 0 Å². The molecule has 0 fully saturated rings. The summed E-state index contributed by atoms with van der Waals surface area (Å²) in [5.74, 6) is 0. The van der Waals surface area contributed by atoms with E-state index in [4.69, 9.17) is 17.5 Å². The Hall–Kier alpha value is -2.21. The third kappa shape index (κ3) is 2.10. The predicted octanol–water partition coefficient (Wildman–Crippen LogP) is 2.22. The smallest absolute Gasteiger partial charge is 0.210 e. The molecule has 1 aromatic carbocycles. The van der Waals surface area contributed by atoms with Crippen LogP contribution in [0.15, 0.2) is 18.2 Å². The van der Waals surface area contributed by atoms with Gasteiger partial charge in [-0.25, -0.2) is 4.68 Å². The number of aromatic nitrogens is 4. The molecule has 0 atom stereocenters. The molecule has 9 heteroatoms. The highest BCUT2D eigenvalue weighted by molar-refractivity contribution is 7.71. The standard InChI is InChI=1S/C9H4F3N5S/c10-9(11,12)7-3-6(2-1-5(7)4-13)17-8(18)14-15-16-17/h1-3H,(H,14,16,18). The van der Waals surface area contributed by atoms with E-state index in [1.54, 1.807) is 0 Å². The summed E-state index contributed by atoms with van der Waals surface area (Å²) in [7, 11) is 0. The number of alkyl halides is 3. The number of hydrogen-bond donors (Lipinski definition) is 1. The maximum absolute atomic E-state index is 12.7. The maximum atomic E-state index is 12.7. The number of rotatable bonds is 1. The Labute approximate surface area is 103 Å². The van der Waals surface area contributed by atoms with Crippen molar-refractivity contribution in [2.75, 3.05) is 0 Å². The number of benzene rings is 1. The maximum Gasteiger partial charge on any atom is 0.417 e. The van der Waals surface area contributed by atoms with Crippen molar-refractivity contribution in [1.29, 1.82) is 5.26 Å². The van der Waals surface area contributed by atoms with Crippen LogP contribution in [0.1, 0.15) is 11.1 Å². The van der Waals surface area contributed by atoms with E-state index in [0.717, 1.165) is 16.8 Å². The summed E-state index contributed by atoms with van der Waals surface area (Å²) in [5, 5.41) is 17.8. The first kappa shape index (κ1) is 12.3. The van der Waals surface area contributed by atoms with Gasteiger partial charge in [0.05, 0.1) is 22.9 Å². The van der Waals surface area contributed by atoms with Gasteiger partial charge in [-0.2, -0.15) is 23.6 Å². The normalized spacial score (nSPS) is 11.2. The first-order chi connectivity index (χ1) is 8.43. The zero-order chi connectivity index (χ0) is 13.3. The van der Waals surface area contributed by atoms with Gasteiger partial charge in [-0.15, -0.1) is 0 Å². The average Bonchev–Trinajstić information content (AvgIpc) is 2.73. The van der Waals surface area contributed by atoms with Crippen molar-refractivity contribution in [3.63, 3.8) is 0 Å². The molecule has 1 heterocycles. The van der Waals surface area contributed by atoms with E-state index in [-0.39, 0.29) is 10.5 Å². The van der Waals surface area contributed by atoms with Crippen LogP contribution in [0, 0.1) is 16.1 Å². The van der Waals surface area contributed by atoms with E-state index in [2.05, 4.69) is 15.5 Å². The summed E-state index contributed by atoms with van der Waals surface area (Å²) in [6, 6.07) is 4.70. The molecule has 5 nitrogen and oxygen atoms in total. The minimum absolute atomic E-state index is 0.00664. The highest BCUT2D eigenvalue weighted by atomic mass is 32.1. The van der Waals surface area contributed by atoms with E-state index < -0.39 is 17.3 Å². The van der Waals surface area contributed by atoms with Gasteiger partial charge in [0.2, 0.25) is 4.77 Å². The summed E-state index contributed by atoms with van der Waals surface area (Å²) in [6.45, 7) is 0. The number of nitrogens with zero attached hydrogens (tertiary/aromatic N) is 4. The minimum atomic E-state index is -4.61. The molecule has 0 aliphatic carbocycles. The molecule has 0 amide bonds. The molecule has 2 aromatic rings. The average molecular weight is 271 g/mol. The molecular weight excluding hydrogens is 267 g/mol. The van der Waals surface area contributed by atoms with E-state index in [1.165, 1.54) is 12.1 Å². The number of halogens is 3. The Balaban J connectivity index is 2.65. The number of aromatic amines is 1. The van der Waals surface area contributed by atoms with Gasteiger partial charge in [0.1, 0.15) is 0 Å². The van der Waals surface area contributed by atoms with E-state index >= 15 is 0 Å². The minimum Gasteiger partial charge on any atom is -0.210 e. The monoisotopic (exact) mass is 271 g/mol. The first-order valence-corrected chi connectivity index (χ1v) is 4.96. The quantitative estimate of drug-likeness (QED) is 0.807. The van der Waals surface area contributed by atoms with Crippen LogP contribution in [0.5, 0.6) is 0 Å². The summed E-state index contributed by atoms with van der Waals surface area (Å²) >= 11 is 4.78. The first-order valence-electron chi connectivity index (χ1n) is 4.55. The molecule has 0 aliphatic rings. The lowest BCUT2D eigenvalue weighted by atomic mass is 10.1. The fourth-order valence-corrected chi connectivity index (χ4v) is 1.56. The molecule has 1 aromatic heterocycles. The van der Waals surface area contributed by atoms with Crippen molar-refractivity contribution in [2.24, 2.45) is 0 Å². The van der Waals surface area contributed by atoms with Gasteiger partial charge in [-0.05, 0) is 30.4 Å². The number of tetrazole rings is 1. The van der Waals surface area contributed by atoms with Gasteiger partial charge in [-0.1, -0.05) is 10.3 Å². The third-order valence-electron chi connectivity index (χ3n) is 2.16. The molecule has 0 aliphatic heterocycles. The summed E-state index contributed by atoms with van der Waals surface area (Å²) in [4.78, 5) is 0. The van der Waals surface area contributed by atoms with Crippen LogP contribution in [-0.4, -0.2) is 20.2 Å². The summed E-state index contributed by atoms with van der Waals surface area (Å²) < 4.78 is 39.3. The Morgan fingerprint density at radius 3 is 2.61 bits per heavy atom. The lowest BCUT2D eigenvalue weighted by molar-refractivity contribution is -0.137. The van der Waals surface area contributed by atoms with Crippen LogP contribution >= 0.6 is 12.2 Å². The van der Waals surface area contributed by atoms with E-state index in [0.29, 0.717) is 0 Å². The second-order valence-corrected chi connectivity index (χ2v) is 3.62. The molecule has 0 bridgehead atoms. The predicted molar refractivity (Wildman–Crippen MR) is 56.3 cm³/mol. The second-order valence-electron chi connectivity index (χ2n) is 3.26. The van der Waals surface area contributed by atoms with Crippen molar-refractivity contribution in [3.8, 4) is 11.8 Å². The highest BCUT2D eigenvalue weighted by Gasteiger charge is 2.34. The van der Waals surface area contributed by atoms with Gasteiger partial charge >= 0.3 is 6.18 Å². The largest absolute Gasteiger partial charge is 0.417 e. The Bertz CT molecular complexity index is 678. The number of hydrogen-bond acceptors (Lipinski definition) is 4. The number of nitrogens with one attached hydrogen (secondary N) is 1. The van der Waals surface area contributed by atoms with Crippen molar-refractivity contribution in [1.82, 2.24) is 20.2 Å². The fraction of sp³-hybridized carbons (Fsp3) is 0.111. The van der Waals surface area contributed by atoms with Gasteiger partial charge < -0.3 is 0 Å². The van der Waals surface area contributed by atoms with E-state index in [1.807, 2.05) is 0 Å². The van der Waals surface area contributed by atoms with Crippen LogP contribution in [0.2, 0.25) is 0 Å². The molecule has 0 spiro atoms. The zero-order valence-corrected chi connectivity index (χ0v) is 9.38. The fourth-order valence-electron chi connectivity index (χ4n) is 1.37. The molecule has 0 saturated heterocycles. The number of H-pyrrole nitrogens is 1. The Morgan fingerprint density at radius 2 is 2.11 bits per heavy atom. The zero-order valence-electron chi connectivity index (χ0n) is 8.56. The molecule has 2 rings (SSSR count). The van der Waals surface area contributed by atoms with Gasteiger partial charge in [0.25, 0.3) is 0 Å². The molecular formula is C9H4F3N5S. The van der Waals surface area contributed by atoms with Crippen LogP contribution < -0.4 is 0 Å². The Morgan fingerprint density at radius 1 is 1.39 bits per heavy atom. The highest BCUT2D eigenvalue weighted by Crippen LogP contribution is 2.32. The molecule has 1 N–H and O–H groups in total. The lowest BCUT2D eigenvalue weighted by Gasteiger charge is -2.10. The van der Waals surface area contributed by atoms with Crippen molar-refractivity contribution >= 4 is 12.2 Å². The van der Waals surface area contributed by atoms with E-state index in [9.17, 15) is 13.2 Å². The molecule has 18 heavy (non-hydrogen) atoms. The van der Waals surface area contributed by atoms with Crippen molar-refractivity contribution in [2.45, 2.75) is 6.18 Å². The Kier molecular flexibility index (Phi) is 2.88. The van der Waals surface area contributed by atoms with Crippen molar-refractivity contribution in [3.05, 3.63) is 34.1 Å². The van der Waals surface area contributed by atoms with Gasteiger partial charge in [0.15, 0.2) is 0 Å². The SMILES string of the molecule is N#Cc1ccc(-n2[nH]nnc2=S)cc1C(F)(F)F. The molecule has 0 radical (unpaired) electrons. The lowest BCUT2D eigenvalue weighted by Crippen LogP contribution is -2.09. The molecule has 0 unspecified atom stereocenters. The summed E-state index contributed by atoms with van der Waals surface area (Å²) in [6.07, 6.45) is -4.61. The van der Waals surface area contributed by atoms with Gasteiger partial charge in [-0.3, -0.25) is 0 Å². The molecule has 0 saturated carbocycles. The second kappa shape index (κ2) is 4.23. The molecule has 92 valence electrons. The van der Waals surface area contributed by atoms with Crippen LogP contribution in [0.3, 0.4) is 0 Å².